The SMILES string of the molecule is NCCn1cnc(C(=O)Nc2cc(Cl)cc(C(=O)O)c2)c1. The summed E-state index contributed by atoms with van der Waals surface area (Å²) in [7, 11) is 0. The molecule has 0 unspecified atom stereocenters. The Labute approximate surface area is 125 Å². The van der Waals surface area contributed by atoms with Gasteiger partial charge < -0.3 is 20.7 Å². The van der Waals surface area contributed by atoms with Gasteiger partial charge >= 0.3 is 5.97 Å². The van der Waals surface area contributed by atoms with Gasteiger partial charge in [0.2, 0.25) is 0 Å². The molecular formula is C13H13ClN4O3. The van der Waals surface area contributed by atoms with Crippen molar-refractivity contribution >= 4 is 29.2 Å². The maximum Gasteiger partial charge on any atom is 0.335 e. The lowest BCUT2D eigenvalue weighted by Crippen LogP contribution is -2.13. The highest BCUT2D eigenvalue weighted by Crippen LogP contribution is 2.19. The van der Waals surface area contributed by atoms with Gasteiger partial charge in [0.25, 0.3) is 5.91 Å². The summed E-state index contributed by atoms with van der Waals surface area (Å²) < 4.78 is 1.69. The number of nitrogens with one attached hydrogen (secondary N) is 1. The Balaban J connectivity index is 2.16. The van der Waals surface area contributed by atoms with Gasteiger partial charge in [0.1, 0.15) is 5.69 Å². The highest BCUT2D eigenvalue weighted by atomic mass is 35.5. The molecule has 0 aliphatic heterocycles. The van der Waals surface area contributed by atoms with Gasteiger partial charge in [0, 0.05) is 30.0 Å². The number of rotatable bonds is 5. The molecule has 7 nitrogen and oxygen atoms in total. The Morgan fingerprint density at radius 3 is 2.81 bits per heavy atom. The highest BCUT2D eigenvalue weighted by Gasteiger charge is 2.12. The Kier molecular flexibility index (Phi) is 4.56. The van der Waals surface area contributed by atoms with Crippen molar-refractivity contribution in [3.05, 3.63) is 47.0 Å². The fourth-order valence-electron chi connectivity index (χ4n) is 1.73. The second kappa shape index (κ2) is 6.38. The van der Waals surface area contributed by atoms with E-state index in [0.717, 1.165) is 0 Å². The molecule has 0 saturated heterocycles. The number of aromatic carboxylic acids is 1. The monoisotopic (exact) mass is 308 g/mol. The van der Waals surface area contributed by atoms with Crippen LogP contribution in [0.5, 0.6) is 0 Å². The van der Waals surface area contributed by atoms with E-state index < -0.39 is 11.9 Å². The summed E-state index contributed by atoms with van der Waals surface area (Å²) in [6.07, 6.45) is 3.06. The fourth-order valence-corrected chi connectivity index (χ4v) is 1.96. The normalized spacial score (nSPS) is 10.4. The number of imidazole rings is 1. The van der Waals surface area contributed by atoms with E-state index in [9.17, 15) is 9.59 Å². The quantitative estimate of drug-likeness (QED) is 0.774. The lowest BCUT2D eigenvalue weighted by atomic mass is 10.2. The Bertz CT molecular complexity index is 684. The van der Waals surface area contributed by atoms with Gasteiger partial charge in [-0.25, -0.2) is 9.78 Å². The number of halogens is 1. The van der Waals surface area contributed by atoms with E-state index in [-0.39, 0.29) is 16.3 Å². The van der Waals surface area contributed by atoms with E-state index in [2.05, 4.69) is 10.3 Å². The van der Waals surface area contributed by atoms with Crippen molar-refractivity contribution in [3.63, 3.8) is 0 Å². The van der Waals surface area contributed by atoms with Crippen LogP contribution in [0.15, 0.2) is 30.7 Å². The molecule has 1 aromatic heterocycles. The molecule has 1 heterocycles. The standard InChI is InChI=1S/C13H13ClN4O3/c14-9-3-8(13(20)21)4-10(5-9)17-12(19)11-6-18(2-1-15)7-16-11/h3-7H,1-2,15H2,(H,17,19)(H,20,21). The molecule has 0 bridgehead atoms. The average Bonchev–Trinajstić information content (AvgIpc) is 2.87. The van der Waals surface area contributed by atoms with E-state index in [1.807, 2.05) is 0 Å². The summed E-state index contributed by atoms with van der Waals surface area (Å²) in [5.74, 6) is -1.58. The molecule has 0 radical (unpaired) electrons. The lowest BCUT2D eigenvalue weighted by molar-refractivity contribution is 0.0696. The third-order valence-electron chi connectivity index (χ3n) is 2.66. The number of carboxylic acids is 1. The lowest BCUT2D eigenvalue weighted by Gasteiger charge is -2.05. The van der Waals surface area contributed by atoms with Gasteiger partial charge in [-0.1, -0.05) is 11.6 Å². The maximum atomic E-state index is 12.0. The number of anilines is 1. The van der Waals surface area contributed by atoms with Crippen LogP contribution < -0.4 is 11.1 Å². The van der Waals surface area contributed by atoms with E-state index >= 15 is 0 Å². The third kappa shape index (κ3) is 3.80. The Morgan fingerprint density at radius 1 is 1.38 bits per heavy atom. The van der Waals surface area contributed by atoms with Crippen LogP contribution in [0, 0.1) is 0 Å². The first-order valence-corrected chi connectivity index (χ1v) is 6.44. The van der Waals surface area contributed by atoms with Crippen molar-refractivity contribution < 1.29 is 14.7 Å². The van der Waals surface area contributed by atoms with Crippen LogP contribution in [-0.2, 0) is 6.54 Å². The zero-order valence-electron chi connectivity index (χ0n) is 10.9. The molecule has 0 aliphatic carbocycles. The fraction of sp³-hybridized carbons (Fsp3) is 0.154. The summed E-state index contributed by atoms with van der Waals surface area (Å²) in [5, 5.41) is 11.7. The maximum absolute atomic E-state index is 12.0. The number of benzene rings is 1. The van der Waals surface area contributed by atoms with Crippen molar-refractivity contribution in [2.45, 2.75) is 6.54 Å². The molecular weight excluding hydrogens is 296 g/mol. The molecule has 4 N–H and O–H groups in total. The molecule has 0 aliphatic rings. The number of aromatic nitrogens is 2. The van der Waals surface area contributed by atoms with Gasteiger partial charge in [-0.15, -0.1) is 0 Å². The van der Waals surface area contributed by atoms with Crippen molar-refractivity contribution in [1.82, 2.24) is 9.55 Å². The van der Waals surface area contributed by atoms with Gasteiger partial charge in [0.15, 0.2) is 0 Å². The van der Waals surface area contributed by atoms with Crippen LogP contribution in [0.3, 0.4) is 0 Å². The van der Waals surface area contributed by atoms with Gasteiger partial charge in [-0.05, 0) is 18.2 Å². The van der Waals surface area contributed by atoms with Crippen molar-refractivity contribution in [1.29, 1.82) is 0 Å². The van der Waals surface area contributed by atoms with Gasteiger partial charge in [-0.3, -0.25) is 4.79 Å². The smallest absolute Gasteiger partial charge is 0.335 e. The van der Waals surface area contributed by atoms with Crippen LogP contribution in [0.2, 0.25) is 5.02 Å². The molecule has 0 spiro atoms. The molecule has 0 saturated carbocycles. The number of carboxylic acid groups (broad SMARTS) is 1. The number of hydrogen-bond acceptors (Lipinski definition) is 4. The summed E-state index contributed by atoms with van der Waals surface area (Å²) in [6, 6.07) is 4.08. The first-order valence-electron chi connectivity index (χ1n) is 6.06. The summed E-state index contributed by atoms with van der Waals surface area (Å²) >= 11 is 5.82. The van der Waals surface area contributed by atoms with Gasteiger partial charge in [0.05, 0.1) is 11.9 Å². The molecule has 1 amide bonds. The number of carbonyl (C=O) groups is 2. The molecule has 8 heteroatoms. The second-order valence-corrected chi connectivity index (χ2v) is 4.71. The molecule has 110 valence electrons. The van der Waals surface area contributed by atoms with Crippen LogP contribution in [0.1, 0.15) is 20.8 Å². The molecule has 2 aromatic rings. The molecule has 0 fully saturated rings. The number of carbonyl (C=O) groups excluding carboxylic acids is 1. The van der Waals surface area contributed by atoms with Crippen molar-refractivity contribution in [3.8, 4) is 0 Å². The van der Waals surface area contributed by atoms with Crippen molar-refractivity contribution in [2.75, 3.05) is 11.9 Å². The minimum atomic E-state index is -1.12. The third-order valence-corrected chi connectivity index (χ3v) is 2.87. The minimum absolute atomic E-state index is 0.00791. The molecule has 0 atom stereocenters. The highest BCUT2D eigenvalue weighted by molar-refractivity contribution is 6.31. The molecule has 21 heavy (non-hydrogen) atoms. The number of nitrogens with zero attached hydrogens (tertiary/aromatic N) is 2. The Hall–Kier alpha value is -2.38. The summed E-state index contributed by atoms with van der Waals surface area (Å²) in [4.78, 5) is 26.9. The number of nitrogens with two attached hydrogens (primary N) is 1. The van der Waals surface area contributed by atoms with Crippen LogP contribution >= 0.6 is 11.6 Å². The predicted octanol–water partition coefficient (Wildman–Crippen LogP) is 1.45. The number of hydrogen-bond donors (Lipinski definition) is 3. The Morgan fingerprint density at radius 2 is 2.14 bits per heavy atom. The van der Waals surface area contributed by atoms with Crippen LogP contribution in [-0.4, -0.2) is 33.1 Å². The second-order valence-electron chi connectivity index (χ2n) is 4.27. The predicted molar refractivity (Wildman–Crippen MR) is 77.6 cm³/mol. The van der Waals surface area contributed by atoms with E-state index in [1.165, 1.54) is 24.5 Å². The zero-order chi connectivity index (χ0) is 15.4. The van der Waals surface area contributed by atoms with E-state index in [4.69, 9.17) is 22.4 Å². The van der Waals surface area contributed by atoms with Crippen molar-refractivity contribution in [2.24, 2.45) is 5.73 Å². The topological polar surface area (TPSA) is 110 Å². The molecule has 2 rings (SSSR count). The van der Waals surface area contributed by atoms with Gasteiger partial charge in [-0.2, -0.15) is 0 Å². The molecule has 1 aromatic carbocycles. The van der Waals surface area contributed by atoms with Crippen LogP contribution in [0.4, 0.5) is 5.69 Å². The average molecular weight is 309 g/mol. The largest absolute Gasteiger partial charge is 0.478 e. The van der Waals surface area contributed by atoms with E-state index in [1.54, 1.807) is 10.8 Å². The minimum Gasteiger partial charge on any atom is -0.478 e. The van der Waals surface area contributed by atoms with Crippen LogP contribution in [0.25, 0.3) is 0 Å². The van der Waals surface area contributed by atoms with E-state index in [0.29, 0.717) is 18.8 Å². The number of amides is 1. The summed E-state index contributed by atoms with van der Waals surface area (Å²) in [5.41, 5.74) is 5.90. The first kappa shape index (κ1) is 15.0. The summed E-state index contributed by atoms with van der Waals surface area (Å²) in [6.45, 7) is 0.994. The zero-order valence-corrected chi connectivity index (χ0v) is 11.7. The first-order chi connectivity index (χ1) is 9.99.